The summed E-state index contributed by atoms with van der Waals surface area (Å²) in [5.41, 5.74) is 7.93. The van der Waals surface area contributed by atoms with E-state index in [4.69, 9.17) is 5.73 Å². The summed E-state index contributed by atoms with van der Waals surface area (Å²) in [7, 11) is 0. The third-order valence-corrected chi connectivity index (χ3v) is 1.75. The molecule has 1 rings (SSSR count). The third-order valence-electron chi connectivity index (χ3n) is 1.75. The summed E-state index contributed by atoms with van der Waals surface area (Å²) in [4.78, 5) is 0. The van der Waals surface area contributed by atoms with Crippen LogP contribution in [0.2, 0.25) is 0 Å². The molecule has 0 saturated heterocycles. The highest BCUT2D eigenvalue weighted by molar-refractivity contribution is 5.07. The number of aromatic amines is 1. The monoisotopic (exact) mass is 153 g/mol. The Morgan fingerprint density at radius 2 is 2.45 bits per heavy atom. The van der Waals surface area contributed by atoms with E-state index < -0.39 is 0 Å². The molecule has 0 saturated carbocycles. The number of aryl methyl sites for hydroxylation is 1. The van der Waals surface area contributed by atoms with Crippen LogP contribution in [0, 0.1) is 6.92 Å². The van der Waals surface area contributed by atoms with E-state index in [1.807, 2.05) is 13.0 Å². The van der Waals surface area contributed by atoms with Gasteiger partial charge in [0.1, 0.15) is 0 Å². The zero-order chi connectivity index (χ0) is 8.27. The second-order valence-corrected chi connectivity index (χ2v) is 2.91. The standard InChI is InChI=1S/C8H15N3/c1-3-7(9)5-8-4-6(2)10-11-8/h4,7H,3,5,9H2,1-2H3,(H,10,11). The lowest BCUT2D eigenvalue weighted by molar-refractivity contribution is 0.635. The van der Waals surface area contributed by atoms with Gasteiger partial charge in [-0.15, -0.1) is 0 Å². The van der Waals surface area contributed by atoms with Crippen molar-refractivity contribution in [1.82, 2.24) is 10.2 Å². The highest BCUT2D eigenvalue weighted by Gasteiger charge is 2.03. The van der Waals surface area contributed by atoms with Crippen molar-refractivity contribution in [3.05, 3.63) is 17.5 Å². The van der Waals surface area contributed by atoms with E-state index in [9.17, 15) is 0 Å². The van der Waals surface area contributed by atoms with Crippen LogP contribution in [-0.2, 0) is 6.42 Å². The number of H-pyrrole nitrogens is 1. The van der Waals surface area contributed by atoms with Gasteiger partial charge in [0.25, 0.3) is 0 Å². The van der Waals surface area contributed by atoms with Gasteiger partial charge >= 0.3 is 0 Å². The Hall–Kier alpha value is -0.830. The molecule has 0 fully saturated rings. The van der Waals surface area contributed by atoms with Gasteiger partial charge < -0.3 is 5.73 Å². The Morgan fingerprint density at radius 3 is 2.91 bits per heavy atom. The maximum atomic E-state index is 5.76. The van der Waals surface area contributed by atoms with Crippen LogP contribution < -0.4 is 5.73 Å². The largest absolute Gasteiger partial charge is 0.327 e. The summed E-state index contributed by atoms with van der Waals surface area (Å²) >= 11 is 0. The van der Waals surface area contributed by atoms with Crippen molar-refractivity contribution in [3.8, 4) is 0 Å². The number of hydrogen-bond donors (Lipinski definition) is 2. The summed E-state index contributed by atoms with van der Waals surface area (Å²) < 4.78 is 0. The van der Waals surface area contributed by atoms with Gasteiger partial charge in [0.15, 0.2) is 0 Å². The predicted molar refractivity (Wildman–Crippen MR) is 45.3 cm³/mol. The van der Waals surface area contributed by atoms with Crippen LogP contribution in [0.25, 0.3) is 0 Å². The average Bonchev–Trinajstić information content (AvgIpc) is 2.35. The molecule has 3 N–H and O–H groups in total. The first-order chi connectivity index (χ1) is 5.22. The lowest BCUT2D eigenvalue weighted by Crippen LogP contribution is -2.21. The SMILES string of the molecule is CCC(N)Cc1cc(C)[nH]n1. The van der Waals surface area contributed by atoms with E-state index in [2.05, 4.69) is 17.1 Å². The van der Waals surface area contributed by atoms with Gasteiger partial charge in [-0.1, -0.05) is 6.92 Å². The molecule has 1 unspecified atom stereocenters. The zero-order valence-corrected chi connectivity index (χ0v) is 7.09. The molecule has 0 aromatic carbocycles. The molecule has 1 aromatic rings. The van der Waals surface area contributed by atoms with E-state index in [0.717, 1.165) is 24.2 Å². The molecule has 3 nitrogen and oxygen atoms in total. The molecule has 0 spiro atoms. The maximum Gasteiger partial charge on any atom is 0.0640 e. The van der Waals surface area contributed by atoms with Gasteiger partial charge in [0, 0.05) is 18.2 Å². The van der Waals surface area contributed by atoms with Crippen molar-refractivity contribution in [1.29, 1.82) is 0 Å². The number of rotatable bonds is 3. The molecule has 1 heterocycles. The molecule has 0 amide bonds. The van der Waals surface area contributed by atoms with Gasteiger partial charge in [-0.05, 0) is 19.4 Å². The minimum atomic E-state index is 0.248. The van der Waals surface area contributed by atoms with Crippen molar-refractivity contribution in [3.63, 3.8) is 0 Å². The second kappa shape index (κ2) is 3.53. The molecule has 3 heteroatoms. The lowest BCUT2D eigenvalue weighted by Gasteiger charge is -2.03. The van der Waals surface area contributed by atoms with Crippen LogP contribution in [0.5, 0.6) is 0 Å². The molecule has 0 radical (unpaired) electrons. The number of hydrogen-bond acceptors (Lipinski definition) is 2. The minimum absolute atomic E-state index is 0.248. The van der Waals surface area contributed by atoms with E-state index in [0.29, 0.717) is 0 Å². The number of aromatic nitrogens is 2. The van der Waals surface area contributed by atoms with Crippen LogP contribution in [0.4, 0.5) is 0 Å². The summed E-state index contributed by atoms with van der Waals surface area (Å²) in [6, 6.07) is 2.29. The van der Waals surface area contributed by atoms with Crippen molar-refractivity contribution in [2.45, 2.75) is 32.7 Å². The fourth-order valence-corrected chi connectivity index (χ4v) is 0.992. The molecule has 0 aliphatic heterocycles. The Bertz CT molecular complexity index is 217. The van der Waals surface area contributed by atoms with Crippen LogP contribution in [0.15, 0.2) is 6.07 Å². The van der Waals surface area contributed by atoms with Crippen molar-refractivity contribution in [2.24, 2.45) is 5.73 Å². The zero-order valence-electron chi connectivity index (χ0n) is 7.09. The van der Waals surface area contributed by atoms with Crippen LogP contribution in [0.3, 0.4) is 0 Å². The van der Waals surface area contributed by atoms with Gasteiger partial charge in [-0.2, -0.15) is 5.10 Å². The van der Waals surface area contributed by atoms with Crippen molar-refractivity contribution in [2.75, 3.05) is 0 Å². The Kier molecular flexibility index (Phi) is 2.65. The normalized spacial score (nSPS) is 13.4. The Balaban J connectivity index is 2.50. The molecule has 1 atom stereocenters. The van der Waals surface area contributed by atoms with E-state index in [1.54, 1.807) is 0 Å². The number of nitrogens with zero attached hydrogens (tertiary/aromatic N) is 1. The Morgan fingerprint density at radius 1 is 1.73 bits per heavy atom. The van der Waals surface area contributed by atoms with E-state index in [-0.39, 0.29) is 6.04 Å². The van der Waals surface area contributed by atoms with Crippen LogP contribution >= 0.6 is 0 Å². The summed E-state index contributed by atoms with van der Waals surface area (Å²) in [5.74, 6) is 0. The lowest BCUT2D eigenvalue weighted by atomic mass is 10.1. The molecule has 0 aliphatic rings. The third kappa shape index (κ3) is 2.35. The fourth-order valence-electron chi connectivity index (χ4n) is 0.992. The molecule has 0 bridgehead atoms. The van der Waals surface area contributed by atoms with Gasteiger partial charge in [0.05, 0.1) is 5.69 Å². The minimum Gasteiger partial charge on any atom is -0.327 e. The van der Waals surface area contributed by atoms with E-state index >= 15 is 0 Å². The Labute approximate surface area is 67.0 Å². The van der Waals surface area contributed by atoms with Gasteiger partial charge in [-0.3, -0.25) is 5.10 Å². The fraction of sp³-hybridized carbons (Fsp3) is 0.625. The molecular formula is C8H15N3. The van der Waals surface area contributed by atoms with Crippen molar-refractivity contribution < 1.29 is 0 Å². The summed E-state index contributed by atoms with van der Waals surface area (Å²) in [5, 5.41) is 6.99. The van der Waals surface area contributed by atoms with Crippen LogP contribution in [0.1, 0.15) is 24.7 Å². The first kappa shape index (κ1) is 8.27. The molecule has 11 heavy (non-hydrogen) atoms. The highest BCUT2D eigenvalue weighted by atomic mass is 15.1. The summed E-state index contributed by atoms with van der Waals surface area (Å²) in [6.45, 7) is 4.08. The first-order valence-corrected chi connectivity index (χ1v) is 3.99. The number of nitrogens with two attached hydrogens (primary N) is 1. The molecule has 62 valence electrons. The van der Waals surface area contributed by atoms with Crippen LogP contribution in [-0.4, -0.2) is 16.2 Å². The maximum absolute atomic E-state index is 5.76. The molecule has 1 aromatic heterocycles. The molecule has 0 aliphatic carbocycles. The topological polar surface area (TPSA) is 54.7 Å². The van der Waals surface area contributed by atoms with Crippen molar-refractivity contribution >= 4 is 0 Å². The first-order valence-electron chi connectivity index (χ1n) is 3.99. The average molecular weight is 153 g/mol. The smallest absolute Gasteiger partial charge is 0.0640 e. The highest BCUT2D eigenvalue weighted by Crippen LogP contribution is 2.02. The van der Waals surface area contributed by atoms with Gasteiger partial charge in [0.2, 0.25) is 0 Å². The second-order valence-electron chi connectivity index (χ2n) is 2.91. The summed E-state index contributed by atoms with van der Waals surface area (Å²) in [6.07, 6.45) is 1.88. The number of nitrogens with one attached hydrogen (secondary N) is 1. The quantitative estimate of drug-likeness (QED) is 0.680. The van der Waals surface area contributed by atoms with E-state index in [1.165, 1.54) is 0 Å². The molecular weight excluding hydrogens is 138 g/mol. The van der Waals surface area contributed by atoms with Gasteiger partial charge in [-0.25, -0.2) is 0 Å². The predicted octanol–water partition coefficient (Wildman–Crippen LogP) is 0.998.